The first-order valence-electron chi connectivity index (χ1n) is 6.32. The number of aromatic nitrogens is 6. The summed E-state index contributed by atoms with van der Waals surface area (Å²) in [7, 11) is 0. The van der Waals surface area contributed by atoms with Crippen LogP contribution in [0.3, 0.4) is 0 Å². The van der Waals surface area contributed by atoms with E-state index in [2.05, 4.69) is 43.3 Å². The van der Waals surface area contributed by atoms with E-state index < -0.39 is 0 Å². The molecule has 0 amide bonds. The smallest absolute Gasteiger partial charge is 0.258 e. The van der Waals surface area contributed by atoms with Gasteiger partial charge in [0.1, 0.15) is 12.7 Å². The van der Waals surface area contributed by atoms with Crippen LogP contribution in [0.2, 0.25) is 5.28 Å². The zero-order valence-corrected chi connectivity index (χ0v) is 12.7. The maximum absolute atomic E-state index is 5.96. The second-order valence-electron chi connectivity index (χ2n) is 4.19. The van der Waals surface area contributed by atoms with Crippen molar-refractivity contribution >= 4 is 28.9 Å². The summed E-state index contributed by atoms with van der Waals surface area (Å²) in [6.07, 6.45) is 3.82. The molecule has 3 aromatic rings. The van der Waals surface area contributed by atoms with Crippen LogP contribution in [0.4, 0.5) is 5.95 Å². The molecule has 3 aromatic heterocycles. The van der Waals surface area contributed by atoms with Crippen molar-refractivity contribution < 1.29 is 0 Å². The predicted molar refractivity (Wildman–Crippen MR) is 80.7 cm³/mol. The van der Waals surface area contributed by atoms with Gasteiger partial charge in [-0.3, -0.25) is 0 Å². The Balaban J connectivity index is 1.88. The Morgan fingerprint density at radius 3 is 2.95 bits per heavy atom. The second kappa shape index (κ2) is 6.15. The SMILES string of the molecule is CCC(Nc1nc(Cl)nc(-n2cncn2)n1)c1cccs1. The molecule has 0 aliphatic carbocycles. The van der Waals surface area contributed by atoms with Crippen molar-refractivity contribution in [1.29, 1.82) is 0 Å². The van der Waals surface area contributed by atoms with Crippen LogP contribution >= 0.6 is 22.9 Å². The Morgan fingerprint density at radius 1 is 1.38 bits per heavy atom. The molecule has 0 radical (unpaired) electrons. The van der Waals surface area contributed by atoms with Crippen LogP contribution in [0, 0.1) is 0 Å². The van der Waals surface area contributed by atoms with Crippen molar-refractivity contribution in [2.45, 2.75) is 19.4 Å². The maximum atomic E-state index is 5.96. The third kappa shape index (κ3) is 3.17. The van der Waals surface area contributed by atoms with E-state index in [1.807, 2.05) is 11.4 Å². The van der Waals surface area contributed by atoms with E-state index in [-0.39, 0.29) is 11.3 Å². The third-order valence-electron chi connectivity index (χ3n) is 2.82. The lowest BCUT2D eigenvalue weighted by atomic mass is 10.2. The quantitative estimate of drug-likeness (QED) is 0.778. The summed E-state index contributed by atoms with van der Waals surface area (Å²) in [5, 5.41) is 9.42. The highest BCUT2D eigenvalue weighted by atomic mass is 35.5. The summed E-state index contributed by atoms with van der Waals surface area (Å²) in [5.74, 6) is 0.747. The highest BCUT2D eigenvalue weighted by molar-refractivity contribution is 7.10. The zero-order valence-electron chi connectivity index (χ0n) is 11.1. The van der Waals surface area contributed by atoms with Crippen LogP contribution in [-0.4, -0.2) is 29.7 Å². The number of rotatable bonds is 5. The Bertz CT molecular complexity index is 698. The van der Waals surface area contributed by atoms with Crippen LogP contribution in [0.15, 0.2) is 30.2 Å². The lowest BCUT2D eigenvalue weighted by molar-refractivity contribution is 0.738. The summed E-state index contributed by atoms with van der Waals surface area (Å²) in [5.41, 5.74) is 0. The number of hydrogen-bond acceptors (Lipinski definition) is 7. The van der Waals surface area contributed by atoms with Gasteiger partial charge in [0.25, 0.3) is 5.95 Å². The van der Waals surface area contributed by atoms with Gasteiger partial charge in [0, 0.05) is 4.88 Å². The van der Waals surface area contributed by atoms with Crippen LogP contribution < -0.4 is 5.32 Å². The van der Waals surface area contributed by atoms with Gasteiger partial charge in [0.05, 0.1) is 6.04 Å². The number of hydrogen-bond donors (Lipinski definition) is 1. The van der Waals surface area contributed by atoms with Crippen LogP contribution in [0.5, 0.6) is 0 Å². The minimum atomic E-state index is 0.110. The molecule has 3 rings (SSSR count). The first-order chi connectivity index (χ1) is 10.3. The molecule has 9 heteroatoms. The number of halogens is 1. The molecule has 1 N–H and O–H groups in total. The minimum Gasteiger partial charge on any atom is -0.346 e. The Labute approximate surface area is 130 Å². The van der Waals surface area contributed by atoms with E-state index in [0.29, 0.717) is 11.9 Å². The van der Waals surface area contributed by atoms with Gasteiger partial charge in [-0.05, 0) is 29.5 Å². The van der Waals surface area contributed by atoms with Gasteiger partial charge in [0.2, 0.25) is 11.2 Å². The maximum Gasteiger partial charge on any atom is 0.258 e. The molecular formula is C12H12ClN7S. The largest absolute Gasteiger partial charge is 0.346 e. The molecule has 0 saturated heterocycles. The number of nitrogens with zero attached hydrogens (tertiary/aromatic N) is 6. The van der Waals surface area contributed by atoms with Crippen molar-refractivity contribution in [3.05, 3.63) is 40.3 Å². The first kappa shape index (κ1) is 13.9. The van der Waals surface area contributed by atoms with Gasteiger partial charge in [-0.25, -0.2) is 4.98 Å². The zero-order chi connectivity index (χ0) is 14.7. The number of thiophene rings is 1. The van der Waals surface area contributed by atoms with E-state index in [1.54, 1.807) is 11.3 Å². The molecule has 1 unspecified atom stereocenters. The van der Waals surface area contributed by atoms with Crippen molar-refractivity contribution in [3.8, 4) is 5.95 Å². The van der Waals surface area contributed by atoms with Gasteiger partial charge >= 0.3 is 0 Å². The molecule has 0 fully saturated rings. The van der Waals surface area contributed by atoms with Crippen LogP contribution in [-0.2, 0) is 0 Å². The standard InChI is InChI=1S/C12H12ClN7S/c1-2-8(9-4-3-5-21-9)16-11-17-10(13)18-12(19-11)20-7-14-6-15-20/h3-8H,2H2,1H3,(H,16,17,18,19). The number of anilines is 1. The average molecular weight is 322 g/mol. The second-order valence-corrected chi connectivity index (χ2v) is 5.51. The fraction of sp³-hybridized carbons (Fsp3) is 0.250. The monoisotopic (exact) mass is 321 g/mol. The Kier molecular flexibility index (Phi) is 4.07. The molecule has 21 heavy (non-hydrogen) atoms. The summed E-state index contributed by atoms with van der Waals surface area (Å²) in [6.45, 7) is 2.10. The molecule has 0 saturated carbocycles. The highest BCUT2D eigenvalue weighted by Crippen LogP contribution is 2.25. The van der Waals surface area contributed by atoms with E-state index in [4.69, 9.17) is 11.6 Å². The number of nitrogens with one attached hydrogen (secondary N) is 1. The van der Waals surface area contributed by atoms with E-state index in [9.17, 15) is 0 Å². The molecule has 7 nitrogen and oxygen atoms in total. The molecule has 0 bridgehead atoms. The first-order valence-corrected chi connectivity index (χ1v) is 7.58. The summed E-state index contributed by atoms with van der Waals surface area (Å²) in [6, 6.07) is 4.23. The van der Waals surface area contributed by atoms with Gasteiger partial charge < -0.3 is 5.32 Å². The highest BCUT2D eigenvalue weighted by Gasteiger charge is 2.14. The summed E-state index contributed by atoms with van der Waals surface area (Å²) >= 11 is 7.64. The molecule has 108 valence electrons. The normalized spacial score (nSPS) is 12.3. The lowest BCUT2D eigenvalue weighted by Gasteiger charge is -2.15. The Morgan fingerprint density at radius 2 is 2.29 bits per heavy atom. The van der Waals surface area contributed by atoms with Gasteiger partial charge in [-0.2, -0.15) is 24.7 Å². The van der Waals surface area contributed by atoms with Crippen LogP contribution in [0.1, 0.15) is 24.3 Å². The van der Waals surface area contributed by atoms with Gasteiger partial charge in [-0.15, -0.1) is 11.3 Å². The molecule has 1 atom stereocenters. The fourth-order valence-corrected chi connectivity index (χ4v) is 2.85. The molecule has 0 spiro atoms. The van der Waals surface area contributed by atoms with Gasteiger partial charge in [-0.1, -0.05) is 13.0 Å². The van der Waals surface area contributed by atoms with E-state index in [0.717, 1.165) is 6.42 Å². The van der Waals surface area contributed by atoms with Crippen LogP contribution in [0.25, 0.3) is 5.95 Å². The average Bonchev–Trinajstić information content (AvgIpc) is 3.16. The molecule has 0 aromatic carbocycles. The molecule has 0 aliphatic heterocycles. The molecule has 3 heterocycles. The van der Waals surface area contributed by atoms with E-state index >= 15 is 0 Å². The fourth-order valence-electron chi connectivity index (χ4n) is 1.84. The summed E-state index contributed by atoms with van der Waals surface area (Å²) in [4.78, 5) is 17.6. The van der Waals surface area contributed by atoms with Crippen molar-refractivity contribution in [3.63, 3.8) is 0 Å². The van der Waals surface area contributed by atoms with Gasteiger partial charge in [0.15, 0.2) is 0 Å². The van der Waals surface area contributed by atoms with E-state index in [1.165, 1.54) is 22.2 Å². The topological polar surface area (TPSA) is 81.4 Å². The van der Waals surface area contributed by atoms with Crippen molar-refractivity contribution in [2.24, 2.45) is 0 Å². The van der Waals surface area contributed by atoms with Crippen molar-refractivity contribution in [1.82, 2.24) is 29.7 Å². The lowest BCUT2D eigenvalue weighted by Crippen LogP contribution is -2.13. The predicted octanol–water partition coefficient (Wildman–Crippen LogP) is 2.73. The molecule has 0 aliphatic rings. The third-order valence-corrected chi connectivity index (χ3v) is 3.97. The minimum absolute atomic E-state index is 0.110. The summed E-state index contributed by atoms with van der Waals surface area (Å²) < 4.78 is 1.44. The Hall–Kier alpha value is -2.06. The van der Waals surface area contributed by atoms with Crippen molar-refractivity contribution in [2.75, 3.05) is 5.32 Å². The molecular weight excluding hydrogens is 310 g/mol.